The first-order chi connectivity index (χ1) is 12.6. The molecule has 0 radical (unpaired) electrons. The van der Waals surface area contributed by atoms with Gasteiger partial charge in [0.2, 0.25) is 0 Å². The van der Waals surface area contributed by atoms with Crippen LogP contribution in [0.1, 0.15) is 12.5 Å². The van der Waals surface area contributed by atoms with Gasteiger partial charge in [-0.25, -0.2) is 0 Å². The van der Waals surface area contributed by atoms with Crippen molar-refractivity contribution in [2.24, 2.45) is 0 Å². The van der Waals surface area contributed by atoms with E-state index in [0.29, 0.717) is 0 Å². The van der Waals surface area contributed by atoms with Gasteiger partial charge in [-0.15, -0.1) is 0 Å². The Balaban J connectivity index is 2.47. The summed E-state index contributed by atoms with van der Waals surface area (Å²) in [6.45, 7) is 14.2. The molecule has 0 amide bonds. The molecule has 1 aliphatic rings. The number of nitrogens with one attached hydrogen (secondary N) is 1. The van der Waals surface area contributed by atoms with E-state index < -0.39 is 0 Å². The van der Waals surface area contributed by atoms with E-state index >= 15 is 0 Å². The molecule has 0 aromatic heterocycles. The van der Waals surface area contributed by atoms with E-state index in [-0.39, 0.29) is 0 Å². The summed E-state index contributed by atoms with van der Waals surface area (Å²) in [6, 6.07) is 10.3. The minimum absolute atomic E-state index is 0.872. The second-order valence-corrected chi connectivity index (χ2v) is 5.92. The first-order valence-electron chi connectivity index (χ1n) is 8.54. The molecule has 1 heterocycles. The fourth-order valence-electron chi connectivity index (χ4n) is 2.46. The number of allylic oxidation sites excluding steroid dienone is 13. The summed E-state index contributed by atoms with van der Waals surface area (Å²) in [7, 11) is 0. The van der Waals surface area contributed by atoms with Crippen LogP contribution < -0.4 is 5.32 Å². The molecule has 0 aliphatic carbocycles. The first-order valence-corrected chi connectivity index (χ1v) is 8.54. The van der Waals surface area contributed by atoms with E-state index in [1.165, 1.54) is 11.1 Å². The van der Waals surface area contributed by atoms with Gasteiger partial charge >= 0.3 is 0 Å². The molecule has 26 heavy (non-hydrogen) atoms. The van der Waals surface area contributed by atoms with E-state index in [2.05, 4.69) is 50.2 Å². The van der Waals surface area contributed by atoms with Gasteiger partial charge in [0.15, 0.2) is 0 Å². The molecule has 0 atom stereocenters. The Hall–Kier alpha value is -3.32. The Morgan fingerprint density at radius 3 is 2.46 bits per heavy atom. The highest BCUT2D eigenvalue weighted by atomic mass is 14.8. The predicted octanol–water partition coefficient (Wildman–Crippen LogP) is 6.43. The standard InChI is InChI=1S/C25H25N/c1-5-11-24(19-22(4)23-13-7-6-8-14-23)25-15-17-26-16-10-9-12-20(2)21(3)18-25/h5-19,26H,1-3H2,4H3/b12-9-,16-10-,17-15-,22-19+,24-11+,25-18+. The third kappa shape index (κ3) is 5.64. The zero-order valence-electron chi connectivity index (χ0n) is 15.3. The summed E-state index contributed by atoms with van der Waals surface area (Å²) in [4.78, 5) is 0. The highest BCUT2D eigenvalue weighted by Gasteiger charge is 2.04. The smallest absolute Gasteiger partial charge is 0.00106 e. The summed E-state index contributed by atoms with van der Waals surface area (Å²) >= 11 is 0. The van der Waals surface area contributed by atoms with E-state index in [9.17, 15) is 0 Å². The molecule has 0 saturated carbocycles. The third-order valence-electron chi connectivity index (χ3n) is 3.93. The summed E-state index contributed by atoms with van der Waals surface area (Å²) in [5, 5.41) is 3.14. The van der Waals surface area contributed by atoms with E-state index in [4.69, 9.17) is 0 Å². The summed E-state index contributed by atoms with van der Waals surface area (Å²) in [5.74, 6) is 0. The molecular weight excluding hydrogens is 314 g/mol. The SMILES string of the molecule is C=C/C=C(\C=C(/C)c1ccccc1)C1=C/C(=C)C(=C)/C=C\C=C/N/C=C\1. The highest BCUT2D eigenvalue weighted by molar-refractivity contribution is 5.70. The van der Waals surface area contributed by atoms with E-state index in [1.54, 1.807) is 6.08 Å². The quantitative estimate of drug-likeness (QED) is 0.623. The van der Waals surface area contributed by atoms with Crippen molar-refractivity contribution in [3.05, 3.63) is 139 Å². The minimum atomic E-state index is 0.872. The summed E-state index contributed by atoms with van der Waals surface area (Å²) < 4.78 is 0. The number of rotatable bonds is 4. The van der Waals surface area contributed by atoms with Crippen LogP contribution in [0.4, 0.5) is 0 Å². The summed E-state index contributed by atoms with van der Waals surface area (Å²) in [6.07, 6.45) is 19.6. The average Bonchev–Trinajstić information content (AvgIpc) is 2.69. The van der Waals surface area contributed by atoms with Gasteiger partial charge in [-0.2, -0.15) is 0 Å². The lowest BCUT2D eigenvalue weighted by atomic mass is 9.96. The monoisotopic (exact) mass is 339 g/mol. The van der Waals surface area contributed by atoms with Crippen LogP contribution in [0.3, 0.4) is 0 Å². The Morgan fingerprint density at radius 1 is 0.962 bits per heavy atom. The van der Waals surface area contributed by atoms with Crippen LogP contribution in [-0.4, -0.2) is 0 Å². The van der Waals surface area contributed by atoms with Gasteiger partial charge in [0.05, 0.1) is 0 Å². The Morgan fingerprint density at radius 2 is 1.73 bits per heavy atom. The molecule has 1 aromatic carbocycles. The Bertz CT molecular complexity index is 853. The maximum absolute atomic E-state index is 4.15. The molecule has 1 aromatic rings. The van der Waals surface area contributed by atoms with Crippen molar-refractivity contribution in [3.63, 3.8) is 0 Å². The first kappa shape index (κ1) is 19.0. The number of benzene rings is 1. The fourth-order valence-corrected chi connectivity index (χ4v) is 2.46. The van der Waals surface area contributed by atoms with Crippen LogP contribution in [0.15, 0.2) is 133 Å². The topological polar surface area (TPSA) is 12.0 Å². The molecule has 2 rings (SSSR count). The lowest BCUT2D eigenvalue weighted by Gasteiger charge is -2.09. The zero-order chi connectivity index (χ0) is 18.8. The maximum Gasteiger partial charge on any atom is 0.00106 e. The second-order valence-electron chi connectivity index (χ2n) is 5.92. The molecule has 0 spiro atoms. The normalized spacial score (nSPS) is 21.7. The molecule has 1 heteroatoms. The maximum atomic E-state index is 4.15. The molecule has 1 N–H and O–H groups in total. The van der Waals surface area contributed by atoms with Crippen molar-refractivity contribution < 1.29 is 0 Å². The lowest BCUT2D eigenvalue weighted by Crippen LogP contribution is -1.93. The fraction of sp³-hybridized carbons (Fsp3) is 0.0400. The highest BCUT2D eigenvalue weighted by Crippen LogP contribution is 2.23. The van der Waals surface area contributed by atoms with Crippen LogP contribution in [0.25, 0.3) is 5.57 Å². The molecular formula is C25H25N. The lowest BCUT2D eigenvalue weighted by molar-refractivity contribution is 1.19. The van der Waals surface area contributed by atoms with Gasteiger partial charge < -0.3 is 5.32 Å². The van der Waals surface area contributed by atoms with Gasteiger partial charge in [-0.05, 0) is 58.6 Å². The molecule has 1 nitrogen and oxygen atoms in total. The van der Waals surface area contributed by atoms with Crippen LogP contribution in [-0.2, 0) is 0 Å². The molecule has 130 valence electrons. The van der Waals surface area contributed by atoms with E-state index in [1.807, 2.05) is 67.1 Å². The van der Waals surface area contributed by atoms with Crippen molar-refractivity contribution in [1.82, 2.24) is 5.32 Å². The second kappa shape index (κ2) is 9.85. The predicted molar refractivity (Wildman–Crippen MR) is 115 cm³/mol. The third-order valence-corrected chi connectivity index (χ3v) is 3.93. The van der Waals surface area contributed by atoms with Gasteiger partial charge in [0.25, 0.3) is 0 Å². The molecule has 0 unspecified atom stereocenters. The van der Waals surface area contributed by atoms with Crippen molar-refractivity contribution in [2.75, 3.05) is 0 Å². The van der Waals surface area contributed by atoms with Crippen LogP contribution in [0.5, 0.6) is 0 Å². The molecule has 0 fully saturated rings. The van der Waals surface area contributed by atoms with Crippen molar-refractivity contribution >= 4 is 5.57 Å². The molecule has 0 bridgehead atoms. The van der Waals surface area contributed by atoms with Crippen LogP contribution >= 0.6 is 0 Å². The van der Waals surface area contributed by atoms with Crippen LogP contribution in [0, 0.1) is 0 Å². The van der Waals surface area contributed by atoms with Crippen molar-refractivity contribution in [3.8, 4) is 0 Å². The zero-order valence-corrected chi connectivity index (χ0v) is 15.3. The van der Waals surface area contributed by atoms with Crippen LogP contribution in [0.2, 0.25) is 0 Å². The van der Waals surface area contributed by atoms with Gasteiger partial charge in [-0.1, -0.05) is 80.4 Å². The van der Waals surface area contributed by atoms with E-state index in [0.717, 1.165) is 22.3 Å². The Kier molecular flexibility index (Phi) is 7.20. The molecule has 1 aliphatic heterocycles. The molecule has 0 saturated heterocycles. The van der Waals surface area contributed by atoms with Gasteiger partial charge in [-0.3, -0.25) is 0 Å². The Labute approximate surface area is 157 Å². The van der Waals surface area contributed by atoms with Gasteiger partial charge in [0, 0.05) is 12.4 Å². The average molecular weight is 339 g/mol. The van der Waals surface area contributed by atoms with Gasteiger partial charge in [0.1, 0.15) is 0 Å². The summed E-state index contributed by atoms with van der Waals surface area (Å²) in [5.41, 5.74) is 6.21. The van der Waals surface area contributed by atoms with Crippen molar-refractivity contribution in [2.45, 2.75) is 6.92 Å². The minimum Gasteiger partial charge on any atom is -0.368 e. The largest absolute Gasteiger partial charge is 0.368 e. The number of hydrogen-bond acceptors (Lipinski definition) is 1. The van der Waals surface area contributed by atoms with Crippen molar-refractivity contribution in [1.29, 1.82) is 0 Å². The number of hydrogen-bond donors (Lipinski definition) is 1.